The van der Waals surface area contributed by atoms with Gasteiger partial charge in [-0.3, -0.25) is 4.79 Å². The second-order valence-electron chi connectivity index (χ2n) is 9.45. The molecule has 1 aliphatic rings. The summed E-state index contributed by atoms with van der Waals surface area (Å²) in [5.41, 5.74) is 8.87. The number of halogens is 1. The molecular weight excluding hydrogens is 468 g/mol. The minimum Gasteiger partial charge on any atom is -0.350 e. The van der Waals surface area contributed by atoms with Gasteiger partial charge >= 0.3 is 0 Å². The number of aromatic nitrogens is 2. The fraction of sp³-hybridized carbons (Fsp3) is 0.267. The van der Waals surface area contributed by atoms with Gasteiger partial charge in [0.2, 0.25) is 0 Å². The maximum absolute atomic E-state index is 13.3. The van der Waals surface area contributed by atoms with E-state index in [1.54, 1.807) is 0 Å². The van der Waals surface area contributed by atoms with Crippen molar-refractivity contribution >= 4 is 35.0 Å². The summed E-state index contributed by atoms with van der Waals surface area (Å²) in [7, 11) is 0. The molecule has 0 radical (unpaired) electrons. The monoisotopic (exact) mass is 500 g/mol. The first kappa shape index (κ1) is 25.5. The summed E-state index contributed by atoms with van der Waals surface area (Å²) in [6.07, 6.45) is 2.88. The normalized spacial score (nSPS) is 12.7. The van der Waals surface area contributed by atoms with Gasteiger partial charge in [-0.05, 0) is 55.5 Å². The molecule has 0 bridgehead atoms. The van der Waals surface area contributed by atoms with Crippen molar-refractivity contribution in [1.82, 2.24) is 14.9 Å². The third kappa shape index (κ3) is 4.76. The number of hydrogen-bond donors (Lipinski definition) is 1. The van der Waals surface area contributed by atoms with E-state index in [-0.39, 0.29) is 18.3 Å². The predicted molar refractivity (Wildman–Crippen MR) is 150 cm³/mol. The van der Waals surface area contributed by atoms with Crippen molar-refractivity contribution in [2.75, 3.05) is 11.4 Å². The first-order valence-electron chi connectivity index (χ1n) is 12.2. The molecule has 6 heteroatoms. The van der Waals surface area contributed by atoms with Crippen LogP contribution in [0.5, 0.6) is 0 Å². The number of nitrogens with zero attached hydrogens (tertiary/aromatic N) is 3. The van der Waals surface area contributed by atoms with Crippen molar-refractivity contribution < 1.29 is 4.79 Å². The number of fused-ring (bicyclic) bond motifs is 2. The van der Waals surface area contributed by atoms with E-state index in [2.05, 4.69) is 78.5 Å². The van der Waals surface area contributed by atoms with Crippen LogP contribution in [-0.4, -0.2) is 22.0 Å². The van der Waals surface area contributed by atoms with E-state index in [4.69, 9.17) is 4.98 Å². The summed E-state index contributed by atoms with van der Waals surface area (Å²) in [6.45, 7) is 13.1. The van der Waals surface area contributed by atoms with Gasteiger partial charge < -0.3 is 14.8 Å². The lowest BCUT2D eigenvalue weighted by Gasteiger charge is -2.31. The number of amides is 1. The number of pyridine rings is 1. The highest BCUT2D eigenvalue weighted by Crippen LogP contribution is 2.35. The van der Waals surface area contributed by atoms with Gasteiger partial charge in [0.25, 0.3) is 5.91 Å². The fourth-order valence-electron chi connectivity index (χ4n) is 4.99. The highest BCUT2D eigenvalue weighted by Gasteiger charge is 2.25. The van der Waals surface area contributed by atoms with Crippen molar-refractivity contribution in [3.8, 4) is 0 Å². The zero-order chi connectivity index (χ0) is 24.5. The maximum Gasteiger partial charge on any atom is 0.270 e. The Bertz CT molecular complexity index is 1420. The number of hydrogen-bond acceptors (Lipinski definition) is 3. The Labute approximate surface area is 219 Å². The molecule has 2 aromatic carbocycles. The molecule has 4 aromatic rings. The van der Waals surface area contributed by atoms with Crippen LogP contribution in [-0.2, 0) is 26.1 Å². The molecule has 5 nitrogen and oxygen atoms in total. The Morgan fingerprint density at radius 1 is 1.08 bits per heavy atom. The summed E-state index contributed by atoms with van der Waals surface area (Å²) >= 11 is 0. The molecule has 0 aliphatic carbocycles. The lowest BCUT2D eigenvalue weighted by atomic mass is 10.00. The highest BCUT2D eigenvalue weighted by molar-refractivity contribution is 6.01. The maximum atomic E-state index is 13.3. The summed E-state index contributed by atoms with van der Waals surface area (Å²) in [5.74, 6) is 0.718. The number of aryl methyl sites for hydroxylation is 2. The van der Waals surface area contributed by atoms with E-state index >= 15 is 0 Å². The molecule has 0 saturated heterocycles. The molecule has 0 unspecified atom stereocenters. The minimum absolute atomic E-state index is 0. The van der Waals surface area contributed by atoms with Gasteiger partial charge in [-0.15, -0.1) is 19.0 Å². The number of rotatable bonds is 6. The van der Waals surface area contributed by atoms with Gasteiger partial charge in [0.15, 0.2) is 5.82 Å². The lowest BCUT2D eigenvalue weighted by molar-refractivity contribution is 0.0946. The van der Waals surface area contributed by atoms with Crippen molar-refractivity contribution in [1.29, 1.82) is 0 Å². The summed E-state index contributed by atoms with van der Waals surface area (Å²) in [5, 5.41) is 4.15. The molecule has 36 heavy (non-hydrogen) atoms. The van der Waals surface area contributed by atoms with Crippen LogP contribution < -0.4 is 10.2 Å². The van der Waals surface area contributed by atoms with E-state index in [1.807, 2.05) is 24.3 Å². The van der Waals surface area contributed by atoms with Gasteiger partial charge in [0.05, 0.1) is 5.52 Å². The van der Waals surface area contributed by atoms with Crippen molar-refractivity contribution in [3.63, 3.8) is 0 Å². The molecular formula is C30H33ClN4O. The Kier molecular flexibility index (Phi) is 7.51. The van der Waals surface area contributed by atoms with E-state index in [0.717, 1.165) is 41.8 Å². The average Bonchev–Trinajstić information content (AvgIpc) is 3.12. The second kappa shape index (κ2) is 10.6. The third-order valence-electron chi connectivity index (χ3n) is 7.14. The Morgan fingerprint density at radius 2 is 1.81 bits per heavy atom. The van der Waals surface area contributed by atoms with Crippen LogP contribution in [0.4, 0.5) is 5.82 Å². The van der Waals surface area contributed by atoms with Crippen LogP contribution in [0.25, 0.3) is 10.9 Å². The van der Waals surface area contributed by atoms with Gasteiger partial charge in [-0.1, -0.05) is 60.2 Å². The fourth-order valence-corrected chi connectivity index (χ4v) is 4.99. The Hall–Kier alpha value is -3.57. The number of nitrogens with one attached hydrogen (secondary N) is 1. The van der Waals surface area contributed by atoms with Gasteiger partial charge in [0.1, 0.15) is 5.69 Å². The van der Waals surface area contributed by atoms with E-state index in [0.29, 0.717) is 18.8 Å². The van der Waals surface area contributed by atoms with Gasteiger partial charge in [-0.2, -0.15) is 0 Å². The molecule has 0 saturated carbocycles. The highest BCUT2D eigenvalue weighted by atomic mass is 35.5. The van der Waals surface area contributed by atoms with E-state index < -0.39 is 0 Å². The molecule has 1 amide bonds. The predicted octanol–water partition coefficient (Wildman–Crippen LogP) is 6.06. The zero-order valence-corrected chi connectivity index (χ0v) is 22.0. The number of anilines is 1. The first-order chi connectivity index (χ1) is 17.0. The molecule has 2 aromatic heterocycles. The van der Waals surface area contributed by atoms with Crippen LogP contribution in [0, 0.1) is 20.8 Å². The SMILES string of the molecule is C=CCn1c(C)c(C)c2cc(C(=O)NCc3ccc(C)cc3)nc(N3CCc4ccccc4C3)c21.Cl. The number of allylic oxidation sites excluding steroid dienone is 1. The largest absolute Gasteiger partial charge is 0.350 e. The molecule has 0 fully saturated rings. The number of benzene rings is 2. The van der Waals surface area contributed by atoms with Gasteiger partial charge in [0, 0.05) is 37.3 Å². The van der Waals surface area contributed by atoms with Crippen molar-refractivity contribution in [3.05, 3.63) is 106 Å². The van der Waals surface area contributed by atoms with Crippen LogP contribution in [0.15, 0.2) is 67.3 Å². The zero-order valence-electron chi connectivity index (χ0n) is 21.2. The number of carbonyl (C=O) groups excluding carboxylic acids is 1. The topological polar surface area (TPSA) is 50.2 Å². The molecule has 0 atom stereocenters. The lowest BCUT2D eigenvalue weighted by Crippen LogP contribution is -2.32. The second-order valence-corrected chi connectivity index (χ2v) is 9.45. The number of carbonyl (C=O) groups is 1. The molecule has 1 N–H and O–H groups in total. The molecule has 3 heterocycles. The Morgan fingerprint density at radius 3 is 2.53 bits per heavy atom. The molecule has 186 valence electrons. The Balaban J connectivity index is 0.00000304. The van der Waals surface area contributed by atoms with E-state index in [1.165, 1.54) is 27.9 Å². The smallest absolute Gasteiger partial charge is 0.270 e. The minimum atomic E-state index is -0.153. The molecule has 5 rings (SSSR count). The van der Waals surface area contributed by atoms with Crippen LogP contribution in [0.1, 0.15) is 44.0 Å². The third-order valence-corrected chi connectivity index (χ3v) is 7.14. The van der Waals surface area contributed by atoms with Crippen LogP contribution in [0.2, 0.25) is 0 Å². The summed E-state index contributed by atoms with van der Waals surface area (Å²) < 4.78 is 2.27. The summed E-state index contributed by atoms with van der Waals surface area (Å²) in [6, 6.07) is 18.8. The van der Waals surface area contributed by atoms with Gasteiger partial charge in [-0.25, -0.2) is 4.98 Å². The molecule has 0 spiro atoms. The van der Waals surface area contributed by atoms with Crippen LogP contribution in [0.3, 0.4) is 0 Å². The van der Waals surface area contributed by atoms with E-state index in [9.17, 15) is 4.79 Å². The molecule has 1 aliphatic heterocycles. The average molecular weight is 501 g/mol. The first-order valence-corrected chi connectivity index (χ1v) is 12.2. The van der Waals surface area contributed by atoms with Crippen LogP contribution >= 0.6 is 12.4 Å². The standard InChI is InChI=1S/C30H32N4O.ClH/c1-5-15-34-22(4)21(3)26-17-27(30(35)31-18-23-12-10-20(2)11-13-23)32-29(28(26)34)33-16-14-24-8-6-7-9-25(24)19-33;/h5-13,17H,1,14-16,18-19H2,2-4H3,(H,31,35);1H. The quantitative estimate of drug-likeness (QED) is 0.327. The van der Waals surface area contributed by atoms with Crippen molar-refractivity contribution in [2.24, 2.45) is 0 Å². The van der Waals surface area contributed by atoms with Crippen molar-refractivity contribution in [2.45, 2.75) is 46.8 Å². The summed E-state index contributed by atoms with van der Waals surface area (Å²) in [4.78, 5) is 20.6.